The molecule has 0 aliphatic carbocycles. The molecule has 1 aromatic carbocycles. The number of aliphatic hydroxyl groups excluding tert-OH is 1. The average Bonchev–Trinajstić information content (AvgIpc) is 3.14. The van der Waals surface area contributed by atoms with Crippen LogP contribution in [0.25, 0.3) is 0 Å². The summed E-state index contributed by atoms with van der Waals surface area (Å²) in [5, 5.41) is 10.3. The standard InChI is InChI=1S/C18H23N3OS/c1-20-13-18(15-4-2-3-5-16(15)20)6-8-21(9-7-18)11-17-19-10-14(12-22)23-17/h2-5,10,22H,6-9,11-13H2,1H3. The molecule has 5 heteroatoms. The average molecular weight is 329 g/mol. The Morgan fingerprint density at radius 2 is 2.04 bits per heavy atom. The van der Waals surface area contributed by atoms with Crippen LogP contribution in [0.4, 0.5) is 5.69 Å². The van der Waals surface area contributed by atoms with Crippen LogP contribution in [0.15, 0.2) is 30.5 Å². The smallest absolute Gasteiger partial charge is 0.107 e. The fourth-order valence-electron chi connectivity index (χ4n) is 4.13. The van der Waals surface area contributed by atoms with Crippen molar-refractivity contribution in [2.45, 2.75) is 31.4 Å². The summed E-state index contributed by atoms with van der Waals surface area (Å²) in [5.41, 5.74) is 3.29. The first-order chi connectivity index (χ1) is 11.2. The van der Waals surface area contributed by atoms with Crippen molar-refractivity contribution < 1.29 is 5.11 Å². The van der Waals surface area contributed by atoms with Crippen LogP contribution in [-0.4, -0.2) is 41.7 Å². The van der Waals surface area contributed by atoms with Gasteiger partial charge < -0.3 is 10.0 Å². The van der Waals surface area contributed by atoms with Gasteiger partial charge in [-0.1, -0.05) is 18.2 Å². The monoisotopic (exact) mass is 329 g/mol. The lowest BCUT2D eigenvalue weighted by molar-refractivity contribution is 0.160. The number of likely N-dealkylation sites (N-methyl/N-ethyl adjacent to an activating group) is 1. The van der Waals surface area contributed by atoms with Gasteiger partial charge in [0.2, 0.25) is 0 Å². The van der Waals surface area contributed by atoms with E-state index < -0.39 is 0 Å². The Labute approximate surface area is 141 Å². The highest BCUT2D eigenvalue weighted by atomic mass is 32.1. The third kappa shape index (κ3) is 2.67. The maximum Gasteiger partial charge on any atom is 0.107 e. The number of rotatable bonds is 3. The number of likely N-dealkylation sites (tertiary alicyclic amines) is 1. The molecule has 2 aliphatic rings. The van der Waals surface area contributed by atoms with E-state index in [1.54, 1.807) is 23.1 Å². The summed E-state index contributed by atoms with van der Waals surface area (Å²) in [4.78, 5) is 10.3. The summed E-state index contributed by atoms with van der Waals surface area (Å²) in [7, 11) is 2.21. The molecule has 122 valence electrons. The molecular weight excluding hydrogens is 306 g/mol. The van der Waals surface area contributed by atoms with Gasteiger partial charge in [0.25, 0.3) is 0 Å². The van der Waals surface area contributed by atoms with Gasteiger partial charge in [-0.2, -0.15) is 0 Å². The van der Waals surface area contributed by atoms with E-state index in [9.17, 15) is 0 Å². The predicted molar refractivity (Wildman–Crippen MR) is 93.9 cm³/mol. The summed E-state index contributed by atoms with van der Waals surface area (Å²) in [6, 6.07) is 8.90. The van der Waals surface area contributed by atoms with Crippen LogP contribution < -0.4 is 4.90 Å². The number of para-hydroxylation sites is 1. The fourth-order valence-corrected chi connectivity index (χ4v) is 4.96. The predicted octanol–water partition coefficient (Wildman–Crippen LogP) is 2.62. The number of thiazole rings is 1. The van der Waals surface area contributed by atoms with Gasteiger partial charge in [0.15, 0.2) is 0 Å². The Kier molecular flexibility index (Phi) is 3.87. The molecule has 1 N–H and O–H groups in total. The number of nitrogens with zero attached hydrogens (tertiary/aromatic N) is 3. The van der Waals surface area contributed by atoms with Gasteiger partial charge in [-0.25, -0.2) is 4.98 Å². The Morgan fingerprint density at radius 3 is 2.78 bits per heavy atom. The number of piperidine rings is 1. The number of fused-ring (bicyclic) bond motifs is 2. The van der Waals surface area contributed by atoms with Crippen molar-refractivity contribution in [3.63, 3.8) is 0 Å². The molecule has 0 radical (unpaired) electrons. The zero-order chi connectivity index (χ0) is 15.9. The maximum absolute atomic E-state index is 9.17. The number of hydrogen-bond donors (Lipinski definition) is 1. The van der Waals surface area contributed by atoms with Crippen molar-refractivity contribution in [1.29, 1.82) is 0 Å². The van der Waals surface area contributed by atoms with E-state index in [4.69, 9.17) is 5.11 Å². The van der Waals surface area contributed by atoms with Crippen LogP contribution in [-0.2, 0) is 18.6 Å². The van der Waals surface area contributed by atoms with Gasteiger partial charge in [-0.05, 0) is 37.6 Å². The zero-order valence-corrected chi connectivity index (χ0v) is 14.4. The highest BCUT2D eigenvalue weighted by Gasteiger charge is 2.43. The molecule has 0 bridgehead atoms. The molecule has 0 unspecified atom stereocenters. The molecule has 1 spiro atoms. The summed E-state index contributed by atoms with van der Waals surface area (Å²) in [6.07, 6.45) is 4.23. The van der Waals surface area contributed by atoms with Crippen molar-refractivity contribution >= 4 is 17.0 Å². The molecule has 1 aromatic heterocycles. The maximum atomic E-state index is 9.17. The molecular formula is C18H23N3OS. The second-order valence-electron chi connectivity index (χ2n) is 6.81. The van der Waals surface area contributed by atoms with Crippen LogP contribution in [0.3, 0.4) is 0 Å². The van der Waals surface area contributed by atoms with Gasteiger partial charge in [0, 0.05) is 30.9 Å². The topological polar surface area (TPSA) is 39.6 Å². The van der Waals surface area contributed by atoms with Crippen LogP contribution in [0.5, 0.6) is 0 Å². The normalized spacial score (nSPS) is 20.2. The number of benzene rings is 1. The third-order valence-corrected chi connectivity index (χ3v) is 6.32. The summed E-state index contributed by atoms with van der Waals surface area (Å²) in [6.45, 7) is 4.40. The molecule has 3 heterocycles. The van der Waals surface area contributed by atoms with Crippen molar-refractivity contribution in [2.75, 3.05) is 31.6 Å². The van der Waals surface area contributed by atoms with E-state index in [-0.39, 0.29) is 6.61 Å². The van der Waals surface area contributed by atoms with Crippen molar-refractivity contribution in [3.8, 4) is 0 Å². The largest absolute Gasteiger partial charge is 0.391 e. The summed E-state index contributed by atoms with van der Waals surface area (Å²) < 4.78 is 0. The van der Waals surface area contributed by atoms with Gasteiger partial charge >= 0.3 is 0 Å². The molecule has 2 aromatic rings. The Bertz CT molecular complexity index is 691. The van der Waals surface area contributed by atoms with Crippen LogP contribution in [0, 0.1) is 0 Å². The van der Waals surface area contributed by atoms with E-state index in [0.29, 0.717) is 5.41 Å². The fraction of sp³-hybridized carbons (Fsp3) is 0.500. The molecule has 0 atom stereocenters. The summed E-state index contributed by atoms with van der Waals surface area (Å²) >= 11 is 1.63. The van der Waals surface area contributed by atoms with E-state index in [2.05, 4.69) is 46.1 Å². The molecule has 1 fully saturated rings. The number of hydrogen-bond acceptors (Lipinski definition) is 5. The van der Waals surface area contributed by atoms with E-state index in [1.165, 1.54) is 18.5 Å². The van der Waals surface area contributed by atoms with Crippen molar-refractivity contribution in [1.82, 2.24) is 9.88 Å². The molecule has 0 saturated carbocycles. The number of anilines is 1. The Morgan fingerprint density at radius 1 is 1.26 bits per heavy atom. The van der Waals surface area contributed by atoms with Gasteiger partial charge in [-0.3, -0.25) is 4.90 Å². The van der Waals surface area contributed by atoms with Gasteiger partial charge in [-0.15, -0.1) is 11.3 Å². The Hall–Kier alpha value is -1.43. The van der Waals surface area contributed by atoms with Crippen molar-refractivity contribution in [3.05, 3.63) is 45.9 Å². The minimum Gasteiger partial charge on any atom is -0.391 e. The van der Waals surface area contributed by atoms with Gasteiger partial charge in [0.05, 0.1) is 18.0 Å². The van der Waals surface area contributed by atoms with Crippen LogP contribution >= 0.6 is 11.3 Å². The third-order valence-electron chi connectivity index (χ3n) is 5.36. The van der Waals surface area contributed by atoms with Crippen molar-refractivity contribution in [2.24, 2.45) is 0 Å². The zero-order valence-electron chi connectivity index (χ0n) is 13.5. The second-order valence-corrected chi connectivity index (χ2v) is 8.01. The van der Waals surface area contributed by atoms with E-state index in [0.717, 1.165) is 36.1 Å². The van der Waals surface area contributed by atoms with E-state index >= 15 is 0 Å². The van der Waals surface area contributed by atoms with Crippen LogP contribution in [0.2, 0.25) is 0 Å². The first-order valence-corrected chi connectivity index (χ1v) is 9.09. The minimum absolute atomic E-state index is 0.101. The number of aromatic nitrogens is 1. The lowest BCUT2D eigenvalue weighted by Gasteiger charge is -2.39. The lowest BCUT2D eigenvalue weighted by Crippen LogP contribution is -2.44. The first kappa shape index (κ1) is 15.1. The van der Waals surface area contributed by atoms with Gasteiger partial charge in [0.1, 0.15) is 5.01 Å². The Balaban J connectivity index is 1.45. The molecule has 0 amide bonds. The number of aliphatic hydroxyl groups is 1. The first-order valence-electron chi connectivity index (χ1n) is 8.28. The highest BCUT2D eigenvalue weighted by molar-refractivity contribution is 7.11. The van der Waals surface area contributed by atoms with Crippen LogP contribution in [0.1, 0.15) is 28.3 Å². The second kappa shape index (κ2) is 5.89. The quantitative estimate of drug-likeness (QED) is 0.940. The van der Waals surface area contributed by atoms with E-state index in [1.807, 2.05) is 0 Å². The lowest BCUT2D eigenvalue weighted by atomic mass is 9.74. The molecule has 2 aliphatic heterocycles. The SMILES string of the molecule is CN1CC2(CCN(Cc3ncc(CO)s3)CC2)c2ccccc21. The molecule has 1 saturated heterocycles. The highest BCUT2D eigenvalue weighted by Crippen LogP contribution is 2.46. The minimum atomic E-state index is 0.101. The molecule has 23 heavy (non-hydrogen) atoms. The molecule has 4 rings (SSSR count). The molecule has 4 nitrogen and oxygen atoms in total. The summed E-state index contributed by atoms with van der Waals surface area (Å²) in [5.74, 6) is 0.